The van der Waals surface area contributed by atoms with Gasteiger partial charge in [0.25, 0.3) is 11.2 Å². The van der Waals surface area contributed by atoms with Crippen molar-refractivity contribution in [2.45, 2.75) is 24.3 Å². The molecule has 1 aromatic heterocycles. The molecule has 0 saturated heterocycles. The molecule has 2 aromatic carbocycles. The minimum atomic E-state index is -0.464. The average Bonchev–Trinajstić information content (AvgIpc) is 2.63. The molecule has 1 N–H and O–H groups in total. The summed E-state index contributed by atoms with van der Waals surface area (Å²) in [6.07, 6.45) is 0.334. The molecule has 0 saturated carbocycles. The molecule has 1 heterocycles. The lowest BCUT2D eigenvalue weighted by molar-refractivity contribution is -0.384. The number of aromatic nitrogens is 2. The van der Waals surface area contributed by atoms with Crippen molar-refractivity contribution in [2.75, 3.05) is 0 Å². The highest BCUT2D eigenvalue weighted by molar-refractivity contribution is 7.98. The van der Waals surface area contributed by atoms with E-state index in [0.717, 1.165) is 11.1 Å². The van der Waals surface area contributed by atoms with Gasteiger partial charge in [0.2, 0.25) is 0 Å². The molecule has 0 spiro atoms. The van der Waals surface area contributed by atoms with Crippen LogP contribution in [0.15, 0.2) is 58.5 Å². The highest BCUT2D eigenvalue weighted by atomic mass is 32.2. The minimum absolute atomic E-state index is 0.00611. The van der Waals surface area contributed by atoms with Crippen LogP contribution in [0.5, 0.6) is 0 Å². The molecule has 0 atom stereocenters. The Bertz CT molecular complexity index is 1040. The van der Waals surface area contributed by atoms with Crippen molar-refractivity contribution < 1.29 is 9.31 Å². The van der Waals surface area contributed by atoms with Gasteiger partial charge in [-0.3, -0.25) is 14.9 Å². The van der Waals surface area contributed by atoms with Crippen molar-refractivity contribution in [3.05, 3.63) is 97.2 Å². The molecule has 0 unspecified atom stereocenters. The van der Waals surface area contributed by atoms with E-state index in [-0.39, 0.29) is 17.1 Å². The molecule has 0 fully saturated rings. The number of H-pyrrole nitrogens is 1. The molecule has 6 nitrogen and oxygen atoms in total. The van der Waals surface area contributed by atoms with Gasteiger partial charge in [0.15, 0.2) is 5.16 Å². The van der Waals surface area contributed by atoms with Crippen molar-refractivity contribution in [3.8, 4) is 0 Å². The third-order valence-corrected chi connectivity index (χ3v) is 4.94. The quantitative estimate of drug-likeness (QED) is 0.300. The third-order valence-electron chi connectivity index (χ3n) is 3.99. The average molecular weight is 385 g/mol. The van der Waals surface area contributed by atoms with Crippen LogP contribution < -0.4 is 5.56 Å². The SMILES string of the molecule is Cc1nc(SCc2cccc(F)c2)[nH]c(=O)c1Cc1ccc([N+](=O)[O-])cc1. The van der Waals surface area contributed by atoms with Crippen LogP contribution in [0.2, 0.25) is 0 Å². The van der Waals surface area contributed by atoms with Crippen LogP contribution in [-0.2, 0) is 12.2 Å². The summed E-state index contributed by atoms with van der Waals surface area (Å²) < 4.78 is 13.2. The standard InChI is InChI=1S/C19H16FN3O3S/c1-12-17(10-13-5-7-16(8-6-13)23(25)26)18(24)22-19(21-12)27-11-14-3-2-4-15(20)9-14/h2-9H,10-11H2,1H3,(H,21,22,24). The van der Waals surface area contributed by atoms with Gasteiger partial charge < -0.3 is 4.98 Å². The lowest BCUT2D eigenvalue weighted by Gasteiger charge is -2.07. The van der Waals surface area contributed by atoms with Crippen LogP contribution in [-0.4, -0.2) is 14.9 Å². The Morgan fingerprint density at radius 3 is 2.56 bits per heavy atom. The smallest absolute Gasteiger partial charge is 0.269 e. The molecule has 0 amide bonds. The molecule has 0 bridgehead atoms. The Kier molecular flexibility index (Phi) is 5.66. The molecule has 0 radical (unpaired) electrons. The topological polar surface area (TPSA) is 88.9 Å². The molecule has 3 aromatic rings. The van der Waals surface area contributed by atoms with Crippen LogP contribution >= 0.6 is 11.8 Å². The van der Waals surface area contributed by atoms with Gasteiger partial charge >= 0.3 is 0 Å². The highest BCUT2D eigenvalue weighted by Crippen LogP contribution is 2.20. The largest absolute Gasteiger partial charge is 0.301 e. The van der Waals surface area contributed by atoms with E-state index >= 15 is 0 Å². The number of aromatic amines is 1. The Labute approximate surface area is 158 Å². The number of hydrogen-bond acceptors (Lipinski definition) is 5. The number of nitro groups is 1. The summed E-state index contributed by atoms with van der Waals surface area (Å²) in [5.41, 5.74) is 2.46. The van der Waals surface area contributed by atoms with Crippen LogP contribution in [0.1, 0.15) is 22.4 Å². The molecule has 0 aliphatic rings. The summed E-state index contributed by atoms with van der Waals surface area (Å²) in [5, 5.41) is 11.2. The predicted molar refractivity (Wildman–Crippen MR) is 101 cm³/mol. The van der Waals surface area contributed by atoms with Gasteiger partial charge in [-0.25, -0.2) is 9.37 Å². The maximum Gasteiger partial charge on any atom is 0.269 e. The first kappa shape index (κ1) is 18.8. The van der Waals surface area contributed by atoms with E-state index in [1.165, 1.54) is 36.0 Å². The second-order valence-electron chi connectivity index (χ2n) is 5.95. The van der Waals surface area contributed by atoms with Crippen LogP contribution in [0.3, 0.4) is 0 Å². The van der Waals surface area contributed by atoms with E-state index in [0.29, 0.717) is 28.6 Å². The second kappa shape index (κ2) is 8.13. The second-order valence-corrected chi connectivity index (χ2v) is 6.92. The van der Waals surface area contributed by atoms with E-state index in [1.54, 1.807) is 25.1 Å². The number of nitro benzene ring substituents is 1. The molecule has 3 rings (SSSR count). The number of rotatable bonds is 6. The number of aryl methyl sites for hydroxylation is 1. The zero-order valence-corrected chi connectivity index (χ0v) is 15.3. The Balaban J connectivity index is 1.74. The highest BCUT2D eigenvalue weighted by Gasteiger charge is 2.11. The lowest BCUT2D eigenvalue weighted by atomic mass is 10.0. The molecule has 0 aliphatic carbocycles. The Morgan fingerprint density at radius 1 is 1.19 bits per heavy atom. The fourth-order valence-electron chi connectivity index (χ4n) is 2.58. The normalized spacial score (nSPS) is 10.7. The molecular formula is C19H16FN3O3S. The summed E-state index contributed by atoms with van der Waals surface area (Å²) in [6, 6.07) is 12.4. The van der Waals surface area contributed by atoms with E-state index in [2.05, 4.69) is 9.97 Å². The van der Waals surface area contributed by atoms with E-state index in [4.69, 9.17) is 0 Å². The number of nitrogens with zero attached hydrogens (tertiary/aromatic N) is 2. The van der Waals surface area contributed by atoms with Crippen LogP contribution in [0.4, 0.5) is 10.1 Å². The summed E-state index contributed by atoms with van der Waals surface area (Å²) in [7, 11) is 0. The minimum Gasteiger partial charge on any atom is -0.301 e. The van der Waals surface area contributed by atoms with Crippen molar-refractivity contribution >= 4 is 17.4 Å². The first-order valence-corrected chi connectivity index (χ1v) is 9.11. The fourth-order valence-corrected chi connectivity index (χ4v) is 3.43. The zero-order valence-electron chi connectivity index (χ0n) is 14.4. The molecule has 138 valence electrons. The lowest BCUT2D eigenvalue weighted by Crippen LogP contribution is -2.17. The number of thioether (sulfide) groups is 1. The Morgan fingerprint density at radius 2 is 1.93 bits per heavy atom. The molecular weight excluding hydrogens is 369 g/mol. The van der Waals surface area contributed by atoms with E-state index < -0.39 is 4.92 Å². The van der Waals surface area contributed by atoms with Gasteiger partial charge in [-0.2, -0.15) is 0 Å². The number of benzene rings is 2. The van der Waals surface area contributed by atoms with Gasteiger partial charge in [0, 0.05) is 35.6 Å². The number of hydrogen-bond donors (Lipinski definition) is 1. The number of halogens is 1. The summed E-state index contributed by atoms with van der Waals surface area (Å²) in [4.78, 5) is 29.8. The van der Waals surface area contributed by atoms with Crippen molar-refractivity contribution in [1.29, 1.82) is 0 Å². The Hall–Kier alpha value is -3.00. The maximum atomic E-state index is 13.2. The maximum absolute atomic E-state index is 13.2. The molecule has 27 heavy (non-hydrogen) atoms. The van der Waals surface area contributed by atoms with E-state index in [1.807, 2.05) is 6.07 Å². The van der Waals surface area contributed by atoms with Gasteiger partial charge in [-0.15, -0.1) is 0 Å². The predicted octanol–water partition coefficient (Wildman–Crippen LogP) is 4.01. The zero-order chi connectivity index (χ0) is 19.4. The van der Waals surface area contributed by atoms with Crippen molar-refractivity contribution in [1.82, 2.24) is 9.97 Å². The van der Waals surface area contributed by atoms with Gasteiger partial charge in [-0.1, -0.05) is 36.0 Å². The summed E-state index contributed by atoms with van der Waals surface area (Å²) in [6.45, 7) is 1.75. The molecule has 0 aliphatic heterocycles. The van der Waals surface area contributed by atoms with Gasteiger partial charge in [0.05, 0.1) is 4.92 Å². The first-order chi connectivity index (χ1) is 12.9. The van der Waals surface area contributed by atoms with Crippen LogP contribution in [0, 0.1) is 22.9 Å². The molecule has 8 heteroatoms. The summed E-state index contributed by atoms with van der Waals surface area (Å²) in [5.74, 6) is 0.186. The van der Waals surface area contributed by atoms with Crippen LogP contribution in [0.25, 0.3) is 0 Å². The van der Waals surface area contributed by atoms with Gasteiger partial charge in [-0.05, 0) is 30.2 Å². The third kappa shape index (κ3) is 4.79. The van der Waals surface area contributed by atoms with Crippen molar-refractivity contribution in [3.63, 3.8) is 0 Å². The number of non-ortho nitro benzene ring substituents is 1. The van der Waals surface area contributed by atoms with Crippen molar-refractivity contribution in [2.24, 2.45) is 0 Å². The fraction of sp³-hybridized carbons (Fsp3) is 0.158. The monoisotopic (exact) mass is 385 g/mol. The van der Waals surface area contributed by atoms with Gasteiger partial charge in [0.1, 0.15) is 5.82 Å². The summed E-state index contributed by atoms with van der Waals surface area (Å²) >= 11 is 1.32. The first-order valence-electron chi connectivity index (χ1n) is 8.13. The number of nitrogens with one attached hydrogen (secondary N) is 1. The van der Waals surface area contributed by atoms with E-state index in [9.17, 15) is 19.3 Å².